The molecule has 1 aliphatic heterocycles. The van der Waals surface area contributed by atoms with E-state index >= 15 is 0 Å². The fourth-order valence-electron chi connectivity index (χ4n) is 3.59. The van der Waals surface area contributed by atoms with Gasteiger partial charge in [-0.25, -0.2) is 4.98 Å². The van der Waals surface area contributed by atoms with Crippen LogP contribution in [0.25, 0.3) is 21.8 Å². The van der Waals surface area contributed by atoms with Crippen molar-refractivity contribution < 1.29 is 9.47 Å². The molecule has 0 amide bonds. The number of fused-ring (bicyclic) bond motifs is 3. The maximum Gasteiger partial charge on any atom is 0.164 e. The van der Waals surface area contributed by atoms with Crippen LogP contribution >= 0.6 is 0 Å². The van der Waals surface area contributed by atoms with E-state index in [4.69, 9.17) is 9.47 Å². The lowest BCUT2D eigenvalue weighted by molar-refractivity contribution is 0.108. The van der Waals surface area contributed by atoms with Crippen LogP contribution in [0.1, 0.15) is 33.1 Å². The number of hydrogen-bond donors (Lipinski definition) is 1. The Balaban J connectivity index is 1.90. The molecule has 26 heavy (non-hydrogen) atoms. The number of benzene rings is 1. The molecule has 2 aromatic heterocycles. The molecule has 0 saturated carbocycles. The second-order valence-electron chi connectivity index (χ2n) is 7.54. The average Bonchev–Trinajstić information content (AvgIpc) is 3.28. The maximum atomic E-state index is 6.17. The zero-order chi connectivity index (χ0) is 18.3. The maximum absolute atomic E-state index is 6.17. The quantitative estimate of drug-likeness (QED) is 0.723. The van der Waals surface area contributed by atoms with Crippen LogP contribution in [-0.4, -0.2) is 35.8 Å². The summed E-state index contributed by atoms with van der Waals surface area (Å²) in [5.74, 6) is 2.52. The zero-order valence-electron chi connectivity index (χ0n) is 15.8. The monoisotopic (exact) mass is 352 g/mol. The summed E-state index contributed by atoms with van der Waals surface area (Å²) in [6.45, 7) is 10.2. The topological polar surface area (TPSA) is 50.4 Å². The van der Waals surface area contributed by atoms with Crippen molar-refractivity contribution >= 4 is 27.6 Å². The number of rotatable bonds is 5. The van der Waals surface area contributed by atoms with Gasteiger partial charge < -0.3 is 19.4 Å². The van der Waals surface area contributed by atoms with Gasteiger partial charge in [-0.3, -0.25) is 0 Å². The van der Waals surface area contributed by atoms with Crippen LogP contribution in [0.3, 0.4) is 0 Å². The molecule has 0 bridgehead atoms. The lowest BCUT2D eigenvalue weighted by atomic mass is 10.1. The van der Waals surface area contributed by atoms with Crippen molar-refractivity contribution in [2.45, 2.75) is 38.7 Å². The smallest absolute Gasteiger partial charge is 0.164 e. The van der Waals surface area contributed by atoms with E-state index in [9.17, 15) is 0 Å². The number of ether oxygens (including phenoxy) is 2. The molecule has 1 radical (unpaired) electrons. The lowest BCUT2D eigenvalue weighted by Crippen LogP contribution is -2.27. The van der Waals surface area contributed by atoms with E-state index in [1.165, 1.54) is 12.8 Å². The molecule has 5 nitrogen and oxygen atoms in total. The number of aromatic amines is 1. The van der Waals surface area contributed by atoms with Crippen molar-refractivity contribution in [1.82, 2.24) is 9.97 Å². The molecule has 1 aromatic carbocycles. The molecule has 1 fully saturated rings. The second-order valence-corrected chi connectivity index (χ2v) is 7.54. The van der Waals surface area contributed by atoms with Gasteiger partial charge in [0.15, 0.2) is 11.5 Å². The summed E-state index contributed by atoms with van der Waals surface area (Å²) in [5, 5.41) is 2.28. The van der Waals surface area contributed by atoms with Gasteiger partial charge in [0.1, 0.15) is 11.4 Å². The Morgan fingerprint density at radius 2 is 1.96 bits per heavy atom. The minimum atomic E-state index is -0.352. The standard InChI is InChI=1S/C21H26N3O2/c1-5-21(2,3)26-18-13-16-14(12-17(18)25-4)19-15(23-16)8-9-22-20(19)24-10-6-7-11-24/h8-9,12-13,23H,1,5-7,10-11H2,2-4H3. The summed E-state index contributed by atoms with van der Waals surface area (Å²) in [6, 6.07) is 6.12. The van der Waals surface area contributed by atoms with Crippen LogP contribution in [0, 0.1) is 6.92 Å². The van der Waals surface area contributed by atoms with E-state index in [1.54, 1.807) is 7.11 Å². The molecule has 4 rings (SSSR count). The number of hydrogen-bond acceptors (Lipinski definition) is 4. The molecule has 0 atom stereocenters. The van der Waals surface area contributed by atoms with Gasteiger partial charge in [-0.2, -0.15) is 0 Å². The largest absolute Gasteiger partial charge is 0.493 e. The third-order valence-electron chi connectivity index (χ3n) is 5.17. The van der Waals surface area contributed by atoms with Crippen LogP contribution in [0.5, 0.6) is 11.5 Å². The summed E-state index contributed by atoms with van der Waals surface area (Å²) < 4.78 is 11.8. The third-order valence-corrected chi connectivity index (χ3v) is 5.17. The third kappa shape index (κ3) is 2.85. The lowest BCUT2D eigenvalue weighted by Gasteiger charge is -2.26. The average molecular weight is 352 g/mol. The first-order chi connectivity index (χ1) is 12.5. The number of nitrogens with one attached hydrogen (secondary N) is 1. The Morgan fingerprint density at radius 1 is 1.19 bits per heavy atom. The summed E-state index contributed by atoms with van der Waals surface area (Å²) >= 11 is 0. The van der Waals surface area contributed by atoms with Gasteiger partial charge in [0.05, 0.1) is 23.5 Å². The van der Waals surface area contributed by atoms with Crippen molar-refractivity contribution in [3.63, 3.8) is 0 Å². The van der Waals surface area contributed by atoms with Crippen molar-refractivity contribution in [3.8, 4) is 11.5 Å². The molecular formula is C21H26N3O2. The van der Waals surface area contributed by atoms with Gasteiger partial charge >= 0.3 is 0 Å². The van der Waals surface area contributed by atoms with E-state index in [1.807, 2.05) is 32.2 Å². The molecule has 3 heterocycles. The van der Waals surface area contributed by atoms with Crippen molar-refractivity contribution in [1.29, 1.82) is 0 Å². The molecule has 0 aliphatic carbocycles. The number of aromatic nitrogens is 2. The van der Waals surface area contributed by atoms with Crippen LogP contribution in [0.4, 0.5) is 5.82 Å². The Labute approximate surface area is 154 Å². The number of anilines is 1. The fourth-order valence-corrected chi connectivity index (χ4v) is 3.59. The minimum Gasteiger partial charge on any atom is -0.493 e. The van der Waals surface area contributed by atoms with Crippen LogP contribution in [0.15, 0.2) is 24.4 Å². The number of H-pyrrole nitrogens is 1. The van der Waals surface area contributed by atoms with Crippen LogP contribution in [0.2, 0.25) is 0 Å². The van der Waals surface area contributed by atoms with Gasteiger partial charge in [-0.15, -0.1) is 0 Å². The number of nitrogens with zero attached hydrogens (tertiary/aromatic N) is 2. The Morgan fingerprint density at radius 3 is 2.65 bits per heavy atom. The van der Waals surface area contributed by atoms with Gasteiger partial charge in [-0.1, -0.05) is 0 Å². The summed E-state index contributed by atoms with van der Waals surface area (Å²) in [6.07, 6.45) is 5.00. The number of methoxy groups -OCH3 is 1. The first-order valence-corrected chi connectivity index (χ1v) is 9.24. The zero-order valence-corrected chi connectivity index (χ0v) is 15.8. The van der Waals surface area contributed by atoms with Gasteiger partial charge in [-0.05, 0) is 52.2 Å². The summed E-state index contributed by atoms with van der Waals surface area (Å²) in [7, 11) is 1.68. The Hall–Kier alpha value is -2.43. The highest BCUT2D eigenvalue weighted by molar-refractivity contribution is 6.13. The second kappa shape index (κ2) is 6.38. The molecular weight excluding hydrogens is 326 g/mol. The number of pyridine rings is 1. The van der Waals surface area contributed by atoms with E-state index in [-0.39, 0.29) is 5.60 Å². The fraction of sp³-hybridized carbons (Fsp3) is 0.429. The molecule has 1 aliphatic rings. The predicted molar refractivity (Wildman–Crippen MR) is 106 cm³/mol. The van der Waals surface area contributed by atoms with Gasteiger partial charge in [0.25, 0.3) is 0 Å². The van der Waals surface area contributed by atoms with Crippen molar-refractivity contribution in [2.24, 2.45) is 0 Å². The summed E-state index contributed by atoms with van der Waals surface area (Å²) in [5.41, 5.74) is 1.77. The van der Waals surface area contributed by atoms with Crippen LogP contribution in [-0.2, 0) is 0 Å². The van der Waals surface area contributed by atoms with Gasteiger partial charge in [0.2, 0.25) is 0 Å². The van der Waals surface area contributed by atoms with Crippen molar-refractivity contribution in [2.75, 3.05) is 25.1 Å². The van der Waals surface area contributed by atoms with Gasteiger partial charge in [0, 0.05) is 30.7 Å². The molecule has 3 aromatic rings. The van der Waals surface area contributed by atoms with Crippen molar-refractivity contribution in [3.05, 3.63) is 31.3 Å². The van der Waals surface area contributed by atoms with E-state index < -0.39 is 0 Å². The first-order valence-electron chi connectivity index (χ1n) is 9.24. The molecule has 1 saturated heterocycles. The molecule has 1 N–H and O–H groups in total. The SMILES string of the molecule is [CH2]CC(C)(C)Oc1cc2[nH]c3ccnc(N4CCCC4)c3c2cc1OC. The molecule has 137 valence electrons. The Bertz CT molecular complexity index is 939. The van der Waals surface area contributed by atoms with E-state index in [0.717, 1.165) is 52.2 Å². The highest BCUT2D eigenvalue weighted by Gasteiger charge is 2.23. The minimum absolute atomic E-state index is 0.352. The predicted octanol–water partition coefficient (Wildman–Crippen LogP) is 4.71. The van der Waals surface area contributed by atoms with E-state index in [0.29, 0.717) is 6.42 Å². The highest BCUT2D eigenvalue weighted by atomic mass is 16.5. The molecule has 0 spiro atoms. The highest BCUT2D eigenvalue weighted by Crippen LogP contribution is 2.40. The normalized spacial score (nSPS) is 15.2. The molecule has 0 unspecified atom stereocenters. The Kier molecular flexibility index (Phi) is 4.17. The van der Waals surface area contributed by atoms with E-state index in [2.05, 4.69) is 27.9 Å². The van der Waals surface area contributed by atoms with Crippen LogP contribution < -0.4 is 14.4 Å². The first kappa shape index (κ1) is 17.0. The molecule has 5 heteroatoms. The summed E-state index contributed by atoms with van der Waals surface area (Å²) in [4.78, 5) is 10.6.